The number of amidine groups is 2. The molecule has 270 valence electrons. The summed E-state index contributed by atoms with van der Waals surface area (Å²) in [6.45, 7) is 1.96. The number of anilines is 5. The van der Waals surface area contributed by atoms with Crippen LogP contribution in [0, 0.1) is 17.7 Å². The lowest BCUT2D eigenvalue weighted by molar-refractivity contribution is 0.417. The van der Waals surface area contributed by atoms with Crippen LogP contribution in [0.25, 0.3) is 0 Å². The van der Waals surface area contributed by atoms with Crippen LogP contribution in [-0.4, -0.2) is 46.3 Å². The van der Waals surface area contributed by atoms with Crippen LogP contribution in [0.3, 0.4) is 0 Å². The van der Waals surface area contributed by atoms with Gasteiger partial charge < -0.3 is 32.6 Å². The van der Waals surface area contributed by atoms with Gasteiger partial charge in [-0.05, 0) is 92.4 Å². The van der Waals surface area contributed by atoms with Crippen LogP contribution in [0.15, 0.2) is 69.3 Å². The Morgan fingerprint density at radius 3 is 1.86 bits per heavy atom. The Balaban J connectivity index is 0.000000183. The van der Waals surface area contributed by atoms with E-state index in [1.54, 1.807) is 71.8 Å². The molecule has 0 saturated heterocycles. The molecule has 0 amide bonds. The predicted octanol–water partition coefficient (Wildman–Crippen LogP) is 9.79. The van der Waals surface area contributed by atoms with E-state index in [4.69, 9.17) is 45.0 Å². The number of thiophene rings is 3. The molecular weight excluding hydrogens is 755 g/mol. The molecule has 10 nitrogen and oxygen atoms in total. The summed E-state index contributed by atoms with van der Waals surface area (Å²) in [5.74, 6) is 1.49. The number of nitrogens with two attached hydrogens (primary N) is 3. The van der Waals surface area contributed by atoms with Crippen molar-refractivity contribution in [3.8, 4) is 0 Å². The van der Waals surface area contributed by atoms with Crippen LogP contribution >= 0.6 is 69.8 Å². The minimum atomic E-state index is 0.0762. The summed E-state index contributed by atoms with van der Waals surface area (Å²) in [5.41, 5.74) is 22.0. The fraction of sp³-hybridized carbons (Fsp3) is 0.286. The van der Waals surface area contributed by atoms with Gasteiger partial charge in [-0.1, -0.05) is 31.4 Å². The zero-order chi connectivity index (χ0) is 36.9. The fourth-order valence-electron chi connectivity index (χ4n) is 5.10. The van der Waals surface area contributed by atoms with Gasteiger partial charge in [0.2, 0.25) is 11.0 Å². The maximum atomic E-state index is 7.59. The molecule has 0 radical (unpaired) electrons. The van der Waals surface area contributed by atoms with Gasteiger partial charge in [-0.25, -0.2) is 9.97 Å². The largest absolute Gasteiger partial charge is 0.486 e. The summed E-state index contributed by atoms with van der Waals surface area (Å²) < 4.78 is 7.11. The van der Waals surface area contributed by atoms with E-state index in [0.717, 1.165) is 56.6 Å². The summed E-state index contributed by atoms with van der Waals surface area (Å²) in [6, 6.07) is 16.3. The number of nitrogen functional groups attached to an aromatic ring is 3. The zero-order valence-electron chi connectivity index (χ0n) is 28.9. The van der Waals surface area contributed by atoms with Crippen molar-refractivity contribution in [3.63, 3.8) is 0 Å². The van der Waals surface area contributed by atoms with E-state index in [0.29, 0.717) is 11.0 Å². The minimum absolute atomic E-state index is 0.0762. The van der Waals surface area contributed by atoms with E-state index in [9.17, 15) is 0 Å². The van der Waals surface area contributed by atoms with E-state index in [-0.39, 0.29) is 11.7 Å². The van der Waals surface area contributed by atoms with Crippen molar-refractivity contribution in [2.75, 3.05) is 36.0 Å². The van der Waals surface area contributed by atoms with Crippen molar-refractivity contribution in [1.82, 2.24) is 9.97 Å². The number of hydrogen-bond acceptors (Lipinski definition) is 14. The lowest BCUT2D eigenvalue weighted by atomic mass is 9.84. The zero-order valence-corrected chi connectivity index (χ0v) is 33.8. The number of hydrogen-bond donors (Lipinski definition) is 7. The Morgan fingerprint density at radius 2 is 1.39 bits per heavy atom. The van der Waals surface area contributed by atoms with Crippen molar-refractivity contribution >= 4 is 115 Å². The molecule has 1 saturated carbocycles. The van der Waals surface area contributed by atoms with Crippen molar-refractivity contribution in [1.29, 1.82) is 10.8 Å². The molecule has 5 aromatic rings. The summed E-state index contributed by atoms with van der Waals surface area (Å²) in [4.78, 5) is 11.8. The maximum absolute atomic E-state index is 7.59. The molecule has 51 heavy (non-hydrogen) atoms. The normalized spacial score (nSPS) is 12.5. The van der Waals surface area contributed by atoms with Crippen molar-refractivity contribution < 1.29 is 4.74 Å². The van der Waals surface area contributed by atoms with Gasteiger partial charge in [0.1, 0.15) is 11.7 Å². The first-order chi connectivity index (χ1) is 24.5. The molecule has 0 bridgehead atoms. The number of rotatable bonds is 10. The second kappa shape index (κ2) is 19.8. The average molecular weight is 798 g/mol. The number of nitrogens with one attached hydrogen (secondary N) is 4. The number of methoxy groups -OCH3 is 1. The highest BCUT2D eigenvalue weighted by molar-refractivity contribution is 8.00. The number of ether oxygens (including phenoxy) is 1. The molecule has 4 heterocycles. The van der Waals surface area contributed by atoms with Gasteiger partial charge in [0, 0.05) is 28.6 Å². The Labute approximate surface area is 325 Å². The maximum Gasteiger partial charge on any atom is 0.227 e. The molecule has 16 heteroatoms. The fourth-order valence-corrected chi connectivity index (χ4v) is 9.42. The van der Waals surface area contributed by atoms with Crippen LogP contribution in [-0.2, 0) is 4.74 Å². The summed E-state index contributed by atoms with van der Waals surface area (Å²) in [6.07, 6.45) is 14.2. The molecule has 0 unspecified atom stereocenters. The number of nitrogens with zero attached hydrogens (tertiary/aromatic N) is 2. The minimum Gasteiger partial charge on any atom is -0.486 e. The van der Waals surface area contributed by atoms with Crippen molar-refractivity contribution in [2.45, 2.75) is 53.4 Å². The van der Waals surface area contributed by atoms with Crippen LogP contribution in [0.5, 0.6) is 0 Å². The Kier molecular flexibility index (Phi) is 15.6. The predicted molar refractivity (Wildman–Crippen MR) is 227 cm³/mol. The van der Waals surface area contributed by atoms with Crippen molar-refractivity contribution in [3.05, 3.63) is 86.0 Å². The summed E-state index contributed by atoms with van der Waals surface area (Å²) in [7, 11) is 1.56. The monoisotopic (exact) mass is 797 g/mol. The van der Waals surface area contributed by atoms with Gasteiger partial charge in [0.25, 0.3) is 0 Å². The van der Waals surface area contributed by atoms with Crippen LogP contribution in [0.2, 0.25) is 0 Å². The highest BCUT2D eigenvalue weighted by atomic mass is 32.2. The molecule has 0 atom stereocenters. The summed E-state index contributed by atoms with van der Waals surface area (Å²) >= 11 is 12.8. The van der Waals surface area contributed by atoms with Crippen LogP contribution in [0.1, 0.15) is 63.1 Å². The summed E-state index contributed by atoms with van der Waals surface area (Å²) in [5, 5.41) is 22.1. The first-order valence-corrected chi connectivity index (χ1v) is 21.2. The molecular formula is C35H43N9OS6. The molecule has 1 fully saturated rings. The third kappa shape index (κ3) is 11.7. The van der Waals surface area contributed by atoms with Gasteiger partial charge in [-0.2, -0.15) is 0 Å². The van der Waals surface area contributed by atoms with E-state index in [1.165, 1.54) is 49.0 Å². The number of thiocarbonyl (C=S) groups is 1. The van der Waals surface area contributed by atoms with Crippen LogP contribution in [0.4, 0.5) is 28.7 Å². The highest BCUT2D eigenvalue weighted by Gasteiger charge is 2.16. The number of aryl methyl sites for hydroxylation is 1. The van der Waals surface area contributed by atoms with Gasteiger partial charge in [-0.15, -0.1) is 57.5 Å². The lowest BCUT2D eigenvalue weighted by Gasteiger charge is -2.22. The second-order valence-electron chi connectivity index (χ2n) is 11.3. The molecule has 1 aliphatic rings. The standard InChI is InChI=1S/C18H23N3S2.C10H11N5S2.C7H9NOS2/c1-22-18-15(11-16(23-18)17(19)20)21-14-9-7-13(8-10-14)12-5-3-2-4-6-12;1-16-9-6(5-7(17-9)8(11)12)15-10-13-3-2-4-14-10;1-4-5(8)3-6(11-4)7(10)9-2/h7-12,21H,2-6H2,1H3,(H3,19,20);2-5H,1H3,(H3,11,12)(H,13,14,15);3H,8H2,1-2H3. The van der Waals surface area contributed by atoms with Gasteiger partial charge in [0.05, 0.1) is 41.5 Å². The number of thioether (sulfide) groups is 2. The van der Waals surface area contributed by atoms with Gasteiger partial charge in [0.15, 0.2) is 0 Å². The van der Waals surface area contributed by atoms with E-state index in [1.807, 2.05) is 37.6 Å². The third-order valence-electron chi connectivity index (χ3n) is 7.72. The Morgan fingerprint density at radius 1 is 0.843 bits per heavy atom. The molecule has 1 aromatic carbocycles. The average Bonchev–Trinajstić information content (AvgIpc) is 3.86. The molecule has 0 spiro atoms. The molecule has 1 aliphatic carbocycles. The van der Waals surface area contributed by atoms with Gasteiger partial charge >= 0.3 is 0 Å². The SMILES string of the molecule is COC(=S)c1cc(N)c(C)s1.CSc1sc(C(=N)N)cc1Nc1ccc(C2CCCCC2)cc1.CSc1sc(C(=N)N)cc1Nc1ncccn1. The Hall–Kier alpha value is -3.67. The number of aromatic nitrogens is 2. The lowest BCUT2D eigenvalue weighted by Crippen LogP contribution is -2.08. The highest BCUT2D eigenvalue weighted by Crippen LogP contribution is 2.38. The third-order valence-corrected chi connectivity index (χ3v) is 13.9. The number of benzene rings is 1. The van der Waals surface area contributed by atoms with Crippen LogP contribution < -0.4 is 27.8 Å². The van der Waals surface area contributed by atoms with Crippen molar-refractivity contribution in [2.24, 2.45) is 11.5 Å². The van der Waals surface area contributed by atoms with E-state index < -0.39 is 0 Å². The quantitative estimate of drug-likeness (QED) is 0.0309. The first-order valence-electron chi connectivity index (χ1n) is 15.9. The molecule has 0 aliphatic heterocycles. The van der Waals surface area contributed by atoms with E-state index >= 15 is 0 Å². The van der Waals surface area contributed by atoms with E-state index in [2.05, 4.69) is 44.9 Å². The van der Waals surface area contributed by atoms with Gasteiger partial charge in [-0.3, -0.25) is 10.8 Å². The molecule has 6 rings (SSSR count). The smallest absolute Gasteiger partial charge is 0.227 e. The first kappa shape index (κ1) is 40.1. The molecule has 4 aromatic heterocycles. The second-order valence-corrected chi connectivity index (χ2v) is 17.1. The molecule has 10 N–H and O–H groups in total. The topological polar surface area (TPSA) is 185 Å². The Bertz CT molecular complexity index is 1880.